The molecule has 0 heterocycles. The van der Waals surface area contributed by atoms with E-state index in [1.54, 1.807) is 0 Å². The molecule has 0 saturated heterocycles. The Morgan fingerprint density at radius 1 is 0.240 bits per heavy atom. The first-order chi connectivity index (χ1) is 59.2. The first kappa shape index (κ1) is 115. The second kappa shape index (κ2) is 93.5. The quantitative estimate of drug-likeness (QED) is 0.0146. The molecule has 5 unspecified atom stereocenters. The molecular formula is C103H172O16P2. The fraction of sp³-hybridized carbons (Fsp3) is 0.660. The summed E-state index contributed by atoms with van der Waals surface area (Å²) in [5, 5.41) is 20.8. The molecule has 18 heteroatoms. The lowest BCUT2D eigenvalue weighted by Gasteiger charge is -2.21. The molecule has 0 spiro atoms. The van der Waals surface area contributed by atoms with E-state index in [0.717, 1.165) is 193 Å². The lowest BCUT2D eigenvalue weighted by Crippen LogP contribution is -2.30. The fourth-order valence-corrected chi connectivity index (χ4v) is 14.2. The highest BCUT2D eigenvalue weighted by atomic mass is 31.2. The van der Waals surface area contributed by atoms with E-state index in [1.807, 2.05) is 0 Å². The van der Waals surface area contributed by atoms with Crippen molar-refractivity contribution in [2.24, 2.45) is 0 Å². The molecule has 0 aliphatic rings. The van der Waals surface area contributed by atoms with Gasteiger partial charge in [0.25, 0.3) is 0 Å². The van der Waals surface area contributed by atoms with Crippen LogP contribution in [0.4, 0.5) is 0 Å². The van der Waals surface area contributed by atoms with Crippen molar-refractivity contribution in [1.29, 1.82) is 0 Å². The zero-order chi connectivity index (χ0) is 87.9. The van der Waals surface area contributed by atoms with Gasteiger partial charge in [0.05, 0.1) is 26.4 Å². The number of ether oxygens (including phenoxy) is 3. The van der Waals surface area contributed by atoms with Gasteiger partial charge in [0.2, 0.25) is 0 Å². The van der Waals surface area contributed by atoms with Gasteiger partial charge in [-0.2, -0.15) is 0 Å². The number of carbonyl (C=O) groups is 3. The molecule has 0 aromatic heterocycles. The van der Waals surface area contributed by atoms with Crippen molar-refractivity contribution in [3.05, 3.63) is 194 Å². The number of carbonyl (C=O) groups excluding carboxylic acids is 3. The average molecular weight is 1730 g/mol. The van der Waals surface area contributed by atoms with Gasteiger partial charge in [0.1, 0.15) is 25.4 Å². The number of aliphatic hydroxyl groups excluding tert-OH is 2. The van der Waals surface area contributed by atoms with Crippen LogP contribution in [0.1, 0.15) is 380 Å². The topological polar surface area (TPSA) is 231 Å². The average Bonchev–Trinajstić information content (AvgIpc) is 0.899. The zero-order valence-electron chi connectivity index (χ0n) is 76.1. The van der Waals surface area contributed by atoms with Crippen LogP contribution in [0.25, 0.3) is 0 Å². The van der Waals surface area contributed by atoms with Gasteiger partial charge in [-0.15, -0.1) is 0 Å². The normalized spacial score (nSPS) is 14.6. The molecule has 16 nitrogen and oxygen atoms in total. The standard InChI is InChI=1S/C103H172O16P2/c1-4-7-10-13-16-19-22-25-28-31-34-37-40-43-44-45-46-47-48-49-50-51-52-55-57-59-62-65-68-71-74-77-80-83-86-89-101(106)113-92-98(104)93-115-120(109,110)116-94-99(105)95-117-121(111,112)118-97-100(119-103(108)91-88-85-82-79-76-73-70-67-64-61-58-54-42-39-36-33-30-27-24-21-18-15-12-9-6-3)96-114-102(107)90-87-84-81-78-75-72-69-66-63-60-56-53-41-38-35-32-29-26-23-20-17-14-11-8-5-2/h8-9,11-12,16-21,25-30,34-39,43-44,53-54,56,58,63-64,66-67,98-100,104-105H,4-7,10,13-15,22-24,31-33,40-42,45-52,55,57,59-62,65,68-97H2,1-3H3,(H,109,110)(H,111,112)/b11-8-,12-9-,19-16-,20-17-,21-18-,28-25-,29-26-,30-27-,37-34-,38-35-,39-36-,44-43-,56-53-,58-54-,66-63-,67-64-. The van der Waals surface area contributed by atoms with Crippen molar-refractivity contribution in [2.75, 3.05) is 39.6 Å². The number of esters is 3. The van der Waals surface area contributed by atoms with Crippen molar-refractivity contribution in [3.8, 4) is 0 Å². The Kier molecular flexibility index (Phi) is 89.2. The van der Waals surface area contributed by atoms with Crippen molar-refractivity contribution < 1.29 is 75.8 Å². The molecule has 0 rings (SSSR count). The molecule has 121 heavy (non-hydrogen) atoms. The van der Waals surface area contributed by atoms with Crippen LogP contribution < -0.4 is 0 Å². The van der Waals surface area contributed by atoms with E-state index >= 15 is 0 Å². The zero-order valence-corrected chi connectivity index (χ0v) is 77.9. The van der Waals surface area contributed by atoms with Crippen LogP contribution in [-0.2, 0) is 55.8 Å². The molecule has 0 saturated carbocycles. The lowest BCUT2D eigenvalue weighted by molar-refractivity contribution is -0.161. The Morgan fingerprint density at radius 3 is 0.694 bits per heavy atom. The summed E-state index contributed by atoms with van der Waals surface area (Å²) in [4.78, 5) is 59.1. The number of allylic oxidation sites excluding steroid dienone is 32. The fourth-order valence-electron chi connectivity index (χ4n) is 12.6. The number of phosphoric ester groups is 2. The number of unbranched alkanes of at least 4 members (excludes halogenated alkanes) is 34. The Balaban J connectivity index is 4.60. The second-order valence-corrected chi connectivity index (χ2v) is 34.3. The maximum absolute atomic E-state index is 13.1. The largest absolute Gasteiger partial charge is 0.472 e. The minimum Gasteiger partial charge on any atom is -0.463 e. The van der Waals surface area contributed by atoms with Gasteiger partial charge < -0.3 is 34.2 Å². The summed E-state index contributed by atoms with van der Waals surface area (Å²) in [7, 11) is -9.83. The van der Waals surface area contributed by atoms with Crippen LogP contribution in [0.3, 0.4) is 0 Å². The molecule has 5 atom stereocenters. The minimum absolute atomic E-state index is 0.0760. The highest BCUT2D eigenvalue weighted by Crippen LogP contribution is 2.45. The van der Waals surface area contributed by atoms with E-state index < -0.39 is 91.5 Å². The smallest absolute Gasteiger partial charge is 0.463 e. The summed E-state index contributed by atoms with van der Waals surface area (Å²) in [6.45, 7) is 2.42. The number of hydrogen-bond donors (Lipinski definition) is 4. The van der Waals surface area contributed by atoms with Gasteiger partial charge in [0.15, 0.2) is 6.10 Å². The number of rotatable bonds is 89. The third kappa shape index (κ3) is 94.9. The first-order valence-corrected chi connectivity index (χ1v) is 50.7. The van der Waals surface area contributed by atoms with E-state index in [9.17, 15) is 43.5 Å². The van der Waals surface area contributed by atoms with Crippen molar-refractivity contribution in [3.63, 3.8) is 0 Å². The van der Waals surface area contributed by atoms with Gasteiger partial charge in [-0.1, -0.05) is 389 Å². The highest BCUT2D eigenvalue weighted by molar-refractivity contribution is 7.47. The summed E-state index contributed by atoms with van der Waals surface area (Å²) in [5.74, 6) is -1.61. The van der Waals surface area contributed by atoms with Crippen molar-refractivity contribution >= 4 is 33.6 Å². The van der Waals surface area contributed by atoms with Crippen LogP contribution in [0, 0.1) is 0 Å². The van der Waals surface area contributed by atoms with Crippen LogP contribution in [0.15, 0.2) is 194 Å². The maximum Gasteiger partial charge on any atom is 0.472 e. The lowest BCUT2D eigenvalue weighted by atomic mass is 10.0. The molecule has 4 N–H and O–H groups in total. The number of hydrogen-bond acceptors (Lipinski definition) is 14. The summed E-state index contributed by atoms with van der Waals surface area (Å²) in [6, 6.07) is 0. The van der Waals surface area contributed by atoms with Gasteiger partial charge in [0, 0.05) is 19.3 Å². The van der Waals surface area contributed by atoms with Crippen LogP contribution in [-0.4, -0.2) is 95.9 Å². The van der Waals surface area contributed by atoms with E-state index in [1.165, 1.54) is 128 Å². The van der Waals surface area contributed by atoms with Crippen molar-refractivity contribution in [2.45, 2.75) is 399 Å². The predicted octanol–water partition coefficient (Wildman–Crippen LogP) is 29.8. The summed E-state index contributed by atoms with van der Waals surface area (Å²) >= 11 is 0. The summed E-state index contributed by atoms with van der Waals surface area (Å²) in [6.07, 6.45) is 125. The third-order valence-electron chi connectivity index (χ3n) is 19.8. The van der Waals surface area contributed by atoms with Crippen molar-refractivity contribution in [1.82, 2.24) is 0 Å². The number of aliphatic hydroxyl groups is 2. The van der Waals surface area contributed by atoms with E-state index in [2.05, 4.69) is 215 Å². The van der Waals surface area contributed by atoms with Gasteiger partial charge >= 0.3 is 33.6 Å². The first-order valence-electron chi connectivity index (χ1n) is 47.7. The molecule has 0 fully saturated rings. The minimum atomic E-state index is -4.96. The monoisotopic (exact) mass is 1730 g/mol. The molecule has 0 bridgehead atoms. The number of phosphoric acid groups is 2. The molecular weight excluding hydrogens is 1560 g/mol. The summed E-state index contributed by atoms with van der Waals surface area (Å²) in [5.41, 5.74) is 0. The van der Waals surface area contributed by atoms with E-state index in [-0.39, 0.29) is 19.3 Å². The van der Waals surface area contributed by atoms with E-state index in [4.69, 9.17) is 32.3 Å². The highest BCUT2D eigenvalue weighted by Gasteiger charge is 2.30. The molecule has 0 aromatic rings. The molecule has 0 aliphatic carbocycles. The molecule has 0 radical (unpaired) electrons. The maximum atomic E-state index is 13.1. The van der Waals surface area contributed by atoms with E-state index in [0.29, 0.717) is 19.3 Å². The third-order valence-corrected chi connectivity index (χ3v) is 21.7. The Labute approximate surface area is 737 Å². The summed E-state index contributed by atoms with van der Waals surface area (Å²) < 4.78 is 61.5. The SMILES string of the molecule is CC/C=C\C/C=C\C/C=C\C/C=C\C/C=C\C/C=C\CCCCCCCCC(=O)OCC(COP(=O)(O)OCC(O)COP(=O)(O)OCC(O)COC(=O)CCCCCCCCCCCCCCCCCCCCC/C=C\C/C=C\C/C=C\C/C=C\CCCCC)OC(=O)CCCCCCCC/C=C\C/C=C\C/C=C\C/C=C\C/C=C\C/C=C\CC. The molecule has 0 aromatic carbocycles. The molecule has 690 valence electrons. The molecule has 0 amide bonds. The van der Waals surface area contributed by atoms with Gasteiger partial charge in [-0.3, -0.25) is 32.5 Å². The van der Waals surface area contributed by atoms with Crippen LogP contribution in [0.5, 0.6) is 0 Å². The van der Waals surface area contributed by atoms with Crippen LogP contribution >= 0.6 is 15.6 Å². The Hall–Kier alpha value is -5.61. The Bertz CT molecular complexity index is 2980. The van der Waals surface area contributed by atoms with Crippen LogP contribution in [0.2, 0.25) is 0 Å². The predicted molar refractivity (Wildman–Crippen MR) is 509 cm³/mol. The van der Waals surface area contributed by atoms with Gasteiger partial charge in [-0.05, 0) is 167 Å². The second-order valence-electron chi connectivity index (χ2n) is 31.4. The Morgan fingerprint density at radius 2 is 0.438 bits per heavy atom. The molecule has 0 aliphatic heterocycles. The van der Waals surface area contributed by atoms with Gasteiger partial charge in [-0.25, -0.2) is 9.13 Å².